The number of amides is 1. The number of rotatable bonds is 3. The first kappa shape index (κ1) is 17.5. The summed E-state index contributed by atoms with van der Waals surface area (Å²) in [4.78, 5) is 26.1. The van der Waals surface area contributed by atoms with Crippen LogP contribution in [0.5, 0.6) is 0 Å². The number of nitrogens with two attached hydrogens (primary N) is 1. The maximum Gasteiger partial charge on any atom is 0.330 e. The first-order chi connectivity index (χ1) is 10.5. The average Bonchev–Trinajstić information content (AvgIpc) is 2.43. The molecule has 1 atom stereocenters. The molecular weight excluding hydrogens is 292 g/mol. The van der Waals surface area contributed by atoms with Gasteiger partial charge in [0.25, 0.3) is 0 Å². The summed E-state index contributed by atoms with van der Waals surface area (Å²) in [6.45, 7) is 9.31. The highest BCUT2D eigenvalue weighted by molar-refractivity contribution is 5.97. The van der Waals surface area contributed by atoms with E-state index in [-0.39, 0.29) is 17.4 Å². The lowest BCUT2D eigenvalue weighted by molar-refractivity contribution is -0.153. The van der Waals surface area contributed by atoms with Crippen LogP contribution < -0.4 is 10.6 Å². The van der Waals surface area contributed by atoms with E-state index in [1.807, 2.05) is 26.0 Å². The fourth-order valence-electron chi connectivity index (χ4n) is 2.87. The van der Waals surface area contributed by atoms with E-state index in [9.17, 15) is 9.59 Å². The number of fused-ring (bicyclic) bond motifs is 1. The Morgan fingerprint density at radius 1 is 1.39 bits per heavy atom. The molecule has 2 N–H and O–H groups in total. The Bertz CT molecular complexity index is 648. The van der Waals surface area contributed by atoms with Gasteiger partial charge in [-0.2, -0.15) is 0 Å². The maximum absolute atomic E-state index is 12.3. The van der Waals surface area contributed by atoms with Crippen LogP contribution in [0.3, 0.4) is 0 Å². The van der Waals surface area contributed by atoms with Crippen LogP contribution >= 0.6 is 0 Å². The minimum absolute atomic E-state index is 0.0879. The molecule has 0 unspecified atom stereocenters. The van der Waals surface area contributed by atoms with E-state index in [0.717, 1.165) is 11.3 Å². The van der Waals surface area contributed by atoms with Crippen molar-refractivity contribution in [1.29, 1.82) is 0 Å². The molecule has 0 aromatic heterocycles. The van der Waals surface area contributed by atoms with Gasteiger partial charge in [-0.25, -0.2) is 4.79 Å². The van der Waals surface area contributed by atoms with E-state index in [2.05, 4.69) is 0 Å². The molecule has 23 heavy (non-hydrogen) atoms. The second-order valence-corrected chi connectivity index (χ2v) is 7.40. The van der Waals surface area contributed by atoms with E-state index in [1.54, 1.807) is 38.8 Å². The SMILES string of the molecule is CC(C)OC(=O)[C@](C)(N)c1ccc2c(c1)C(C)(C)CC(=O)N2C. The number of carbonyl (C=O) groups excluding carboxylic acids is 2. The van der Waals surface area contributed by atoms with E-state index < -0.39 is 11.5 Å². The summed E-state index contributed by atoms with van der Waals surface area (Å²) in [6, 6.07) is 5.59. The molecule has 0 aliphatic carbocycles. The summed E-state index contributed by atoms with van der Waals surface area (Å²) < 4.78 is 5.28. The molecule has 0 saturated heterocycles. The van der Waals surface area contributed by atoms with Crippen LogP contribution in [0.4, 0.5) is 5.69 Å². The fourth-order valence-corrected chi connectivity index (χ4v) is 2.87. The first-order valence-electron chi connectivity index (χ1n) is 7.88. The third-order valence-corrected chi connectivity index (χ3v) is 4.42. The van der Waals surface area contributed by atoms with Crippen LogP contribution in [0.2, 0.25) is 0 Å². The zero-order valence-electron chi connectivity index (χ0n) is 14.8. The monoisotopic (exact) mass is 318 g/mol. The Labute approximate surface area is 137 Å². The van der Waals surface area contributed by atoms with Crippen LogP contribution in [-0.4, -0.2) is 25.0 Å². The van der Waals surface area contributed by atoms with Crippen molar-refractivity contribution in [3.63, 3.8) is 0 Å². The van der Waals surface area contributed by atoms with Gasteiger partial charge in [-0.15, -0.1) is 0 Å². The van der Waals surface area contributed by atoms with Crippen molar-refractivity contribution < 1.29 is 14.3 Å². The number of nitrogens with zero attached hydrogens (tertiary/aromatic N) is 1. The van der Waals surface area contributed by atoms with Gasteiger partial charge in [0.05, 0.1) is 6.10 Å². The molecule has 1 amide bonds. The number of hydrogen-bond acceptors (Lipinski definition) is 4. The zero-order valence-corrected chi connectivity index (χ0v) is 14.8. The minimum Gasteiger partial charge on any atom is -0.461 e. The lowest BCUT2D eigenvalue weighted by Crippen LogP contribution is -2.45. The fraction of sp³-hybridized carbons (Fsp3) is 0.556. The molecule has 5 heteroatoms. The van der Waals surface area contributed by atoms with Gasteiger partial charge >= 0.3 is 5.97 Å². The first-order valence-corrected chi connectivity index (χ1v) is 7.88. The van der Waals surface area contributed by atoms with E-state index in [0.29, 0.717) is 12.0 Å². The normalized spacial score (nSPS) is 19.3. The van der Waals surface area contributed by atoms with Gasteiger partial charge in [0.15, 0.2) is 0 Å². The van der Waals surface area contributed by atoms with Gasteiger partial charge in [0, 0.05) is 24.6 Å². The summed E-state index contributed by atoms with van der Waals surface area (Å²) in [5, 5.41) is 0. The molecule has 1 heterocycles. The van der Waals surface area contributed by atoms with Crippen LogP contribution in [0.25, 0.3) is 0 Å². The lowest BCUT2D eigenvalue weighted by atomic mass is 9.75. The molecule has 126 valence electrons. The standard InChI is InChI=1S/C18H26N2O3/c1-11(2)23-16(22)18(5,19)12-7-8-14-13(9-12)17(3,4)10-15(21)20(14)6/h7-9,11H,10,19H2,1-6H3/t18-/m1/s1. The van der Waals surface area contributed by atoms with Crippen LogP contribution in [0.15, 0.2) is 18.2 Å². The van der Waals surface area contributed by atoms with Crippen LogP contribution in [-0.2, 0) is 25.3 Å². The molecule has 0 radical (unpaired) electrons. The van der Waals surface area contributed by atoms with Gasteiger partial charge in [0.1, 0.15) is 5.54 Å². The summed E-state index contributed by atoms with van der Waals surface area (Å²) in [5.74, 6) is -0.365. The minimum atomic E-state index is -1.23. The van der Waals surface area contributed by atoms with Crippen LogP contribution in [0.1, 0.15) is 52.2 Å². The van der Waals surface area contributed by atoms with Gasteiger partial charge in [-0.05, 0) is 38.0 Å². The van der Waals surface area contributed by atoms with Crippen molar-refractivity contribution in [2.24, 2.45) is 5.73 Å². The molecule has 1 aliphatic heterocycles. The smallest absolute Gasteiger partial charge is 0.330 e. The summed E-state index contributed by atoms with van der Waals surface area (Å²) in [6.07, 6.45) is 0.209. The molecule has 1 aliphatic rings. The Balaban J connectivity index is 2.49. The van der Waals surface area contributed by atoms with Crippen molar-refractivity contribution in [3.8, 4) is 0 Å². The van der Waals surface area contributed by atoms with Gasteiger partial charge < -0.3 is 15.4 Å². The average molecular weight is 318 g/mol. The summed E-state index contributed by atoms with van der Waals surface area (Å²) in [5.41, 5.74) is 7.31. The van der Waals surface area contributed by atoms with E-state index in [1.165, 1.54) is 0 Å². The molecule has 5 nitrogen and oxygen atoms in total. The second-order valence-electron chi connectivity index (χ2n) is 7.40. The quantitative estimate of drug-likeness (QED) is 0.869. The summed E-state index contributed by atoms with van der Waals surface area (Å²) >= 11 is 0. The predicted octanol–water partition coefficient (Wildman–Crippen LogP) is 2.46. The highest BCUT2D eigenvalue weighted by Gasteiger charge is 2.38. The van der Waals surface area contributed by atoms with Crippen molar-refractivity contribution >= 4 is 17.6 Å². The third-order valence-electron chi connectivity index (χ3n) is 4.42. The topological polar surface area (TPSA) is 72.6 Å². The number of esters is 1. The molecule has 0 fully saturated rings. The zero-order chi connectivity index (χ0) is 17.6. The molecule has 1 aromatic carbocycles. The second kappa shape index (κ2) is 5.64. The largest absolute Gasteiger partial charge is 0.461 e. The molecular formula is C18H26N2O3. The number of ether oxygens (including phenoxy) is 1. The van der Waals surface area contributed by atoms with Crippen molar-refractivity contribution in [2.75, 3.05) is 11.9 Å². The Morgan fingerprint density at radius 2 is 2.00 bits per heavy atom. The van der Waals surface area contributed by atoms with E-state index >= 15 is 0 Å². The molecule has 0 saturated carbocycles. The predicted molar refractivity (Wildman–Crippen MR) is 90.3 cm³/mol. The number of carbonyl (C=O) groups is 2. The van der Waals surface area contributed by atoms with Crippen molar-refractivity contribution in [2.45, 2.75) is 58.1 Å². The molecule has 0 bridgehead atoms. The molecule has 0 spiro atoms. The molecule has 2 rings (SSSR count). The third kappa shape index (κ3) is 3.11. The highest BCUT2D eigenvalue weighted by Crippen LogP contribution is 2.41. The number of anilines is 1. The van der Waals surface area contributed by atoms with Gasteiger partial charge in [0.2, 0.25) is 5.91 Å². The number of hydrogen-bond donors (Lipinski definition) is 1. The van der Waals surface area contributed by atoms with E-state index in [4.69, 9.17) is 10.5 Å². The highest BCUT2D eigenvalue weighted by atomic mass is 16.5. The Morgan fingerprint density at radius 3 is 2.57 bits per heavy atom. The van der Waals surface area contributed by atoms with Crippen molar-refractivity contribution in [1.82, 2.24) is 0 Å². The molecule has 1 aromatic rings. The lowest BCUT2D eigenvalue weighted by Gasteiger charge is -2.38. The van der Waals surface area contributed by atoms with Crippen LogP contribution in [0, 0.1) is 0 Å². The van der Waals surface area contributed by atoms with Crippen molar-refractivity contribution in [3.05, 3.63) is 29.3 Å². The maximum atomic E-state index is 12.3. The Hall–Kier alpha value is -1.88. The summed E-state index contributed by atoms with van der Waals surface area (Å²) in [7, 11) is 1.77. The van der Waals surface area contributed by atoms with Gasteiger partial charge in [-0.1, -0.05) is 26.0 Å². The van der Waals surface area contributed by atoms with Gasteiger partial charge in [-0.3, -0.25) is 4.79 Å². The Kier molecular flexibility index (Phi) is 4.28. The number of benzene rings is 1.